The molecule has 4 aromatic rings. The lowest BCUT2D eigenvalue weighted by atomic mass is 9.71. The Kier molecular flexibility index (Phi) is 10.9. The summed E-state index contributed by atoms with van der Waals surface area (Å²) in [5.74, 6) is 1.36. The summed E-state index contributed by atoms with van der Waals surface area (Å²) in [5.41, 5.74) is 0.971. The molecule has 2 aromatic heterocycles. The molecule has 0 radical (unpaired) electrons. The summed E-state index contributed by atoms with van der Waals surface area (Å²) < 4.78 is 6.29. The number of amides is 3. The van der Waals surface area contributed by atoms with Crippen LogP contribution in [-0.4, -0.2) is 57.2 Å². The van der Waals surface area contributed by atoms with Crippen LogP contribution in [0.5, 0.6) is 5.75 Å². The largest absolute Gasteiger partial charge is 0.493 e. The zero-order chi connectivity index (χ0) is 38.1. The Labute approximate surface area is 322 Å². The summed E-state index contributed by atoms with van der Waals surface area (Å²) in [4.78, 5) is 46.9. The van der Waals surface area contributed by atoms with Crippen molar-refractivity contribution in [2.45, 2.75) is 77.8 Å². The lowest BCUT2D eigenvalue weighted by molar-refractivity contribution is -0.121. The Morgan fingerprint density at radius 3 is 2.13 bits per heavy atom. The van der Waals surface area contributed by atoms with Gasteiger partial charge >= 0.3 is 6.03 Å². The van der Waals surface area contributed by atoms with Crippen molar-refractivity contribution in [2.24, 2.45) is 16.8 Å². The van der Waals surface area contributed by atoms with E-state index in [0.717, 1.165) is 16.8 Å². The van der Waals surface area contributed by atoms with E-state index in [4.69, 9.17) is 37.9 Å². The van der Waals surface area contributed by atoms with Gasteiger partial charge in [-0.3, -0.25) is 19.7 Å². The molecule has 4 heterocycles. The third-order valence-corrected chi connectivity index (χ3v) is 11.5. The van der Waals surface area contributed by atoms with Gasteiger partial charge in [0.2, 0.25) is 5.91 Å². The van der Waals surface area contributed by atoms with E-state index in [1.54, 1.807) is 18.5 Å². The fourth-order valence-electron chi connectivity index (χ4n) is 7.48. The second-order valence-electron chi connectivity index (χ2n) is 15.3. The topological polar surface area (TPSA) is 100 Å². The Balaban J connectivity index is 1.43. The molecule has 0 bridgehead atoms. The number of nitrogens with zero attached hydrogens (tertiary/aromatic N) is 5. The number of carbonyl (C=O) groups is 2. The number of nitrogens with one attached hydrogen (secondary N) is 1. The van der Waals surface area contributed by atoms with Crippen LogP contribution in [0, 0.1) is 11.8 Å². The molecule has 0 aliphatic carbocycles. The highest BCUT2D eigenvalue weighted by Gasteiger charge is 2.60. The van der Waals surface area contributed by atoms with E-state index in [1.165, 1.54) is 0 Å². The lowest BCUT2D eigenvalue weighted by Gasteiger charge is -2.47. The van der Waals surface area contributed by atoms with Gasteiger partial charge in [-0.25, -0.2) is 9.78 Å². The molecule has 0 saturated carbocycles. The molecule has 2 aromatic carbocycles. The number of pyridine rings is 2. The van der Waals surface area contributed by atoms with Crippen molar-refractivity contribution in [2.75, 3.05) is 25.0 Å². The van der Waals surface area contributed by atoms with Gasteiger partial charge in [0.15, 0.2) is 0 Å². The Hall–Kier alpha value is -4.47. The fourth-order valence-corrected chi connectivity index (χ4v) is 7.73. The van der Waals surface area contributed by atoms with Crippen molar-refractivity contribution < 1.29 is 14.3 Å². The molecule has 1 saturated heterocycles. The number of benzene rings is 2. The first kappa shape index (κ1) is 38.3. The van der Waals surface area contributed by atoms with E-state index in [1.807, 2.05) is 90.4 Å². The fraction of sp³-hybridized carbons (Fsp3) is 0.405. The molecule has 11 heteroatoms. The van der Waals surface area contributed by atoms with Crippen molar-refractivity contribution in [3.63, 3.8) is 0 Å². The van der Waals surface area contributed by atoms with Crippen molar-refractivity contribution in [1.29, 1.82) is 0 Å². The second kappa shape index (κ2) is 15.1. The number of piperidine rings is 1. The van der Waals surface area contributed by atoms with Gasteiger partial charge in [-0.2, -0.15) is 0 Å². The van der Waals surface area contributed by atoms with E-state index < -0.39 is 11.1 Å². The number of carbonyl (C=O) groups excluding carboxylic acids is 2. The molecule has 1 fully saturated rings. The molecule has 53 heavy (non-hydrogen) atoms. The number of likely N-dealkylation sites (tertiary alicyclic amines) is 1. The number of aromatic nitrogens is 2. The molecule has 2 aliphatic rings. The van der Waals surface area contributed by atoms with Crippen molar-refractivity contribution >= 4 is 46.8 Å². The highest BCUT2D eigenvalue weighted by atomic mass is 35.5. The first-order valence-corrected chi connectivity index (χ1v) is 19.0. The van der Waals surface area contributed by atoms with Gasteiger partial charge in [0.05, 0.1) is 12.2 Å². The maximum Gasteiger partial charge on any atom is 0.326 e. The third kappa shape index (κ3) is 7.38. The second-order valence-corrected chi connectivity index (χ2v) is 16.2. The number of amidine groups is 1. The predicted octanol–water partition coefficient (Wildman–Crippen LogP) is 9.48. The normalized spacial score (nSPS) is 21.3. The van der Waals surface area contributed by atoms with E-state index >= 15 is 4.79 Å². The van der Waals surface area contributed by atoms with E-state index in [9.17, 15) is 4.79 Å². The number of hydrogen-bond donors (Lipinski definition) is 1. The smallest absolute Gasteiger partial charge is 0.326 e. The van der Waals surface area contributed by atoms with Gasteiger partial charge in [0, 0.05) is 58.6 Å². The van der Waals surface area contributed by atoms with Crippen LogP contribution in [0.25, 0.3) is 0 Å². The van der Waals surface area contributed by atoms with Gasteiger partial charge in [-0.05, 0) is 87.1 Å². The molecule has 3 amide bonds. The molecule has 9 nitrogen and oxygen atoms in total. The van der Waals surface area contributed by atoms with Crippen LogP contribution < -0.4 is 10.1 Å². The molecule has 3 atom stereocenters. The zero-order valence-electron chi connectivity index (χ0n) is 31.5. The maximum absolute atomic E-state index is 15.3. The Morgan fingerprint density at radius 2 is 1.57 bits per heavy atom. The molecule has 2 aliphatic heterocycles. The first-order valence-electron chi connectivity index (χ1n) is 18.2. The van der Waals surface area contributed by atoms with Gasteiger partial charge in [-0.1, -0.05) is 81.2 Å². The van der Waals surface area contributed by atoms with Crippen LogP contribution in [-0.2, 0) is 21.3 Å². The Morgan fingerprint density at radius 1 is 0.943 bits per heavy atom. The summed E-state index contributed by atoms with van der Waals surface area (Å²) in [5, 5.41) is 4.13. The minimum Gasteiger partial charge on any atom is -0.493 e. The standard InChI is InChI=1S/C42H48Cl2N6O3/c1-8-53-34-25-35(40(3,4)5)46-26-33(34)37-48-41(6,29-12-16-31(43)17-13-29)42(7,30-14-18-32(44)19-15-30)50(37)39(52)49-23-20-28(21-24-49)27(2)38(51)47-36-11-9-10-22-45-36/h9-19,22,25-28H,8,20-21,23-24H2,1-7H3,(H,45,47,51)/t27?,41-,42+/m0/s1. The van der Waals surface area contributed by atoms with Crippen molar-refractivity contribution in [1.82, 2.24) is 19.8 Å². The summed E-state index contributed by atoms with van der Waals surface area (Å²) in [6.45, 7) is 15.7. The minimum atomic E-state index is -1.04. The predicted molar refractivity (Wildman–Crippen MR) is 212 cm³/mol. The summed E-state index contributed by atoms with van der Waals surface area (Å²) >= 11 is 12.8. The number of rotatable bonds is 8. The quantitative estimate of drug-likeness (QED) is 0.193. The van der Waals surface area contributed by atoms with E-state index in [-0.39, 0.29) is 29.2 Å². The van der Waals surface area contributed by atoms with E-state index in [0.29, 0.717) is 65.5 Å². The van der Waals surface area contributed by atoms with Crippen molar-refractivity contribution in [3.05, 3.63) is 118 Å². The van der Waals surface area contributed by atoms with Crippen LogP contribution in [0.1, 0.15) is 83.7 Å². The molecule has 278 valence electrons. The molecule has 6 rings (SSSR count). The molecular weight excluding hydrogens is 707 g/mol. The number of hydrogen-bond acceptors (Lipinski definition) is 6. The van der Waals surface area contributed by atoms with Gasteiger partial charge in [0.25, 0.3) is 0 Å². The number of halogens is 2. The zero-order valence-corrected chi connectivity index (χ0v) is 33.0. The minimum absolute atomic E-state index is 0.0776. The van der Waals surface area contributed by atoms with Gasteiger partial charge in [0.1, 0.15) is 28.5 Å². The lowest BCUT2D eigenvalue weighted by Crippen LogP contribution is -2.59. The molecule has 1 N–H and O–H groups in total. The third-order valence-electron chi connectivity index (χ3n) is 11.0. The monoisotopic (exact) mass is 754 g/mol. The van der Waals surface area contributed by atoms with Gasteiger partial charge in [-0.15, -0.1) is 0 Å². The van der Waals surface area contributed by atoms with Gasteiger partial charge < -0.3 is 15.0 Å². The SMILES string of the molecule is CCOc1cc(C(C)(C)C)ncc1C1=N[C@@](C)(c2ccc(Cl)cc2)[C@@](C)(c2ccc(Cl)cc2)N1C(=O)N1CCC(C(C)C(=O)Nc2ccccn2)CC1. The number of aliphatic imine (C=N–C) groups is 1. The van der Waals surface area contributed by atoms with Crippen LogP contribution in [0.3, 0.4) is 0 Å². The first-order chi connectivity index (χ1) is 25.2. The summed E-state index contributed by atoms with van der Waals surface area (Å²) in [6.07, 6.45) is 4.78. The molecular formula is C42H48Cl2N6O3. The highest BCUT2D eigenvalue weighted by molar-refractivity contribution is 6.30. The maximum atomic E-state index is 15.3. The van der Waals surface area contributed by atoms with Crippen LogP contribution in [0.4, 0.5) is 10.6 Å². The molecule has 1 unspecified atom stereocenters. The van der Waals surface area contributed by atoms with Crippen LogP contribution in [0.15, 0.2) is 90.2 Å². The van der Waals surface area contributed by atoms with Crippen molar-refractivity contribution in [3.8, 4) is 5.75 Å². The van der Waals surface area contributed by atoms with Crippen LogP contribution >= 0.6 is 23.2 Å². The number of anilines is 1. The summed E-state index contributed by atoms with van der Waals surface area (Å²) in [7, 11) is 0. The number of ether oxygens (including phenoxy) is 1. The molecule has 0 spiro atoms. The Bertz CT molecular complexity index is 1980. The average Bonchev–Trinajstić information content (AvgIpc) is 3.39. The number of urea groups is 1. The van der Waals surface area contributed by atoms with Crippen LogP contribution in [0.2, 0.25) is 10.0 Å². The highest BCUT2D eigenvalue weighted by Crippen LogP contribution is 2.54. The van der Waals surface area contributed by atoms with E-state index in [2.05, 4.69) is 44.9 Å². The average molecular weight is 756 g/mol. The summed E-state index contributed by atoms with van der Waals surface area (Å²) in [6, 6.07) is 22.5.